The largest absolute Gasteiger partial charge is 0.535 e. The molecular formula is C84H94BBr3F4N26O6S4Si2. The average Bonchev–Trinajstić information content (AvgIpc) is 1.59. The first-order valence-corrected chi connectivity index (χ1v) is 50.8. The molecule has 0 fully saturated rings. The second kappa shape index (κ2) is 49.1. The highest BCUT2D eigenvalue weighted by molar-refractivity contribution is 9.11. The Morgan fingerprint density at radius 1 is 0.508 bits per heavy atom. The summed E-state index contributed by atoms with van der Waals surface area (Å²) < 4.78 is 67.7. The van der Waals surface area contributed by atoms with Crippen LogP contribution < -0.4 is 45.0 Å². The molecule has 16 rings (SSSR count). The minimum atomic E-state index is -1.43. The van der Waals surface area contributed by atoms with Crippen LogP contribution in [0.5, 0.6) is 0 Å². The zero-order chi connectivity index (χ0) is 91.8. The van der Waals surface area contributed by atoms with Gasteiger partial charge < -0.3 is 48.2 Å². The number of rotatable bonds is 19. The first kappa shape index (κ1) is 105. The smallest absolute Gasteiger partial charge is 0.488 e. The maximum Gasteiger partial charge on any atom is 0.488 e. The number of aryl methyl sites for hydroxylation is 2. The number of anilines is 5. The molecule has 0 spiro atoms. The molecule has 0 bridgehead atoms. The van der Waals surface area contributed by atoms with Crippen molar-refractivity contribution >= 4 is 181 Å². The predicted molar refractivity (Wildman–Crippen MR) is 525 cm³/mol. The number of carboxylic acid groups (broad SMARTS) is 1. The number of hydrazine groups is 1. The van der Waals surface area contributed by atoms with Gasteiger partial charge in [0.05, 0.1) is 118 Å². The molecule has 0 aliphatic rings. The van der Waals surface area contributed by atoms with Gasteiger partial charge in [-0.2, -0.15) is 14.0 Å². The average molecular weight is 2070 g/mol. The second-order valence-corrected chi connectivity index (χ2v) is 43.1. The van der Waals surface area contributed by atoms with Crippen molar-refractivity contribution in [2.45, 2.75) is 115 Å². The van der Waals surface area contributed by atoms with E-state index < -0.39 is 29.6 Å². The number of thiazole rings is 4. The highest BCUT2D eigenvalue weighted by Crippen LogP contribution is 2.37. The lowest BCUT2D eigenvalue weighted by atomic mass is 9.81. The number of hydrogen-bond acceptors (Lipinski definition) is 32. The molecular weight excluding hydrogens is 1980 g/mol. The van der Waals surface area contributed by atoms with Crippen molar-refractivity contribution in [3.8, 4) is 56.2 Å². The number of nitrogen functional groups attached to an aromatic ring is 4. The standard InChI is InChI=1S/C21H16FN7S.C15H12BrFN6OS.C15H10BrFN6S.C11H10BrFN4.C8H21NOSi2.C6H8BNO2.C5H5NO2S.3CH4/c1-12-8-14(6-7-24-12)18-19(13-2-4-15(22)5-3-13)27-21(23)29-20(18)26-17(28-29)9-16-10-30-11-25-16;16-12-13(8-1-3-9(17)4-2-8)20-15(18)21-14(12)23-22-11(24)5-10-6-25-7-19-10;16-12-13(8-1-3-9(17)4-2-8)21-15(18)23-14(12)20-11(22-23)5-10-6-24-7-19-10;12-9-8(5-14)16-11(15)17-10(9)6-1-3-7(13)4-2-6;1-8(9-11(2,3)4)10-12(5,6)7;1-5-4-6(7(9)10)2-3-8-5;7-5(8)1-4-2-9-3-6-4;;;/h2-8,10-11H,9H2,1H3,(H2,23,27);1-4,6-7H,5H2,(H,22,24)(H3,18,20,21,23);1-4,6-7H,5H2,(H2,18,21);1-4H,5,14H2,(H2,15,16,17);1-7H3;2-4,9-10H,1H3;2-3H,1H2,(H,7,8);3*1H4. The minimum Gasteiger partial charge on any atom is -0.535 e. The molecule has 0 radical (unpaired) electrons. The van der Waals surface area contributed by atoms with Crippen LogP contribution in [0.1, 0.15) is 80.7 Å². The monoisotopic (exact) mass is 2070 g/mol. The summed E-state index contributed by atoms with van der Waals surface area (Å²) >= 11 is 16.1. The van der Waals surface area contributed by atoms with Crippen LogP contribution in [-0.2, 0) is 46.2 Å². The molecule has 1 amide bonds. The number of carbonyl (C=O) groups is 2. The molecule has 0 saturated carbocycles. The first-order valence-electron chi connectivity index (χ1n) is 37.8. The van der Waals surface area contributed by atoms with Crippen molar-refractivity contribution in [2.24, 2.45) is 10.4 Å². The molecule has 12 aromatic heterocycles. The Kier molecular flexibility index (Phi) is 39.6. The number of hydrogen-bond donors (Lipinski definition) is 10. The van der Waals surface area contributed by atoms with Crippen LogP contribution in [0.4, 0.5) is 47.2 Å². The number of pyridine rings is 2. The summed E-state index contributed by atoms with van der Waals surface area (Å²) in [5, 5.41) is 42.0. The number of fused-ring (bicyclic) bond motifs is 2. The molecule has 16 aromatic rings. The third-order valence-corrected chi connectivity index (χ3v) is 23.2. The molecule has 0 aliphatic heterocycles. The molecule has 32 nitrogen and oxygen atoms in total. The molecule has 0 atom stereocenters. The summed E-state index contributed by atoms with van der Waals surface area (Å²) in [6, 6.07) is 31.0. The summed E-state index contributed by atoms with van der Waals surface area (Å²) in [6.45, 7) is 19.1. The lowest BCUT2D eigenvalue weighted by molar-refractivity contribution is -0.136. The third kappa shape index (κ3) is 31.4. The zero-order valence-corrected chi connectivity index (χ0v) is 79.2. The number of nitrogens with two attached hydrogens (primary N) is 5. The second-order valence-electron chi connectivity index (χ2n) is 28.9. The van der Waals surface area contributed by atoms with E-state index >= 15 is 0 Å². The number of carboxylic acids is 1. The van der Waals surface area contributed by atoms with E-state index in [1.807, 2.05) is 36.7 Å². The lowest BCUT2D eigenvalue weighted by Gasteiger charge is -2.21. The fourth-order valence-corrected chi connectivity index (χ4v) is 17.2. The quantitative estimate of drug-likeness (QED) is 0.0118. The topological polar surface area (TPSA) is 486 Å². The number of benzene rings is 4. The van der Waals surface area contributed by atoms with Gasteiger partial charge in [0.25, 0.3) is 0 Å². The van der Waals surface area contributed by atoms with Crippen molar-refractivity contribution in [3.63, 3.8) is 0 Å². The number of nitrogens with one attached hydrogen (secondary N) is 2. The van der Waals surface area contributed by atoms with Gasteiger partial charge in [0.2, 0.25) is 38.0 Å². The van der Waals surface area contributed by atoms with Crippen molar-refractivity contribution < 1.29 is 46.7 Å². The molecule has 15 N–H and O–H groups in total. The Hall–Kier alpha value is -12.1. The molecule has 0 unspecified atom stereocenters. The van der Waals surface area contributed by atoms with Gasteiger partial charge >= 0.3 is 13.1 Å². The van der Waals surface area contributed by atoms with Crippen LogP contribution in [0.3, 0.4) is 0 Å². The molecule has 130 heavy (non-hydrogen) atoms. The van der Waals surface area contributed by atoms with Crippen LogP contribution in [0.25, 0.3) is 67.5 Å². The predicted octanol–water partition coefficient (Wildman–Crippen LogP) is 16.9. The summed E-state index contributed by atoms with van der Waals surface area (Å²) in [7, 11) is -4.15. The zero-order valence-electron chi connectivity index (χ0n) is 69.2. The van der Waals surface area contributed by atoms with Gasteiger partial charge in [-0.25, -0.2) is 72.4 Å². The van der Waals surface area contributed by atoms with Crippen LogP contribution in [-0.4, -0.2) is 146 Å². The highest BCUT2D eigenvalue weighted by atomic mass is 79.9. The van der Waals surface area contributed by atoms with Gasteiger partial charge in [-0.05, 0) is 233 Å². The van der Waals surface area contributed by atoms with Gasteiger partial charge in [-0.3, -0.25) is 35.1 Å². The van der Waals surface area contributed by atoms with Crippen LogP contribution in [0.15, 0.2) is 195 Å². The fourth-order valence-electron chi connectivity index (χ4n) is 11.3. The van der Waals surface area contributed by atoms with E-state index in [9.17, 15) is 27.2 Å². The van der Waals surface area contributed by atoms with Crippen molar-refractivity contribution in [1.29, 1.82) is 0 Å². The number of aliphatic carboxylic acids is 1. The summed E-state index contributed by atoms with van der Waals surface area (Å²) in [5.41, 5.74) is 55.0. The molecule has 12 heterocycles. The fraction of sp³-hybridized carbons (Fsp3) is 0.202. The van der Waals surface area contributed by atoms with E-state index in [4.69, 9.17) is 53.2 Å². The number of amides is 1. The molecule has 0 saturated heterocycles. The van der Waals surface area contributed by atoms with Gasteiger partial charge in [0, 0.05) is 81.0 Å². The maximum atomic E-state index is 13.5. The number of carbonyl (C=O) groups excluding carboxylic acids is 1. The number of aromatic nitrogens is 18. The first-order chi connectivity index (χ1) is 60.4. The summed E-state index contributed by atoms with van der Waals surface area (Å²) in [4.78, 5) is 81.1. The van der Waals surface area contributed by atoms with Gasteiger partial charge in [-0.15, -0.1) is 55.5 Å². The van der Waals surface area contributed by atoms with Gasteiger partial charge in [0.1, 0.15) is 23.3 Å². The highest BCUT2D eigenvalue weighted by Gasteiger charge is 2.24. The van der Waals surface area contributed by atoms with Crippen LogP contribution >= 0.6 is 93.1 Å². The SMILES string of the molecule is C.C.C.CC(=N[Si](C)(C)C)O[Si](C)(C)C.Cc1cc(-c2c(-c3ccc(F)cc3)nc(N)n3nc(Cc4cscn4)nc23)ccn1.Cc1cc(B(O)O)ccn1.NCc1nc(N)nc(-c2ccc(F)cc2)c1Br.Nc1nc(-c2ccc(F)cc2)c(Br)c2nc(Cc3cscn3)nn12.Nc1nc(NNC(=O)Cc2cscn2)c(Br)c(-c2ccc(F)cc2)n1.O=C(O)Cc1cscn1. The van der Waals surface area contributed by atoms with Crippen molar-refractivity contribution in [1.82, 2.24) is 94.4 Å². The number of halogens is 7. The Morgan fingerprint density at radius 3 is 1.33 bits per heavy atom. The van der Waals surface area contributed by atoms with Crippen molar-refractivity contribution in [2.75, 3.05) is 28.4 Å². The van der Waals surface area contributed by atoms with E-state index in [0.717, 1.165) is 56.5 Å². The van der Waals surface area contributed by atoms with Crippen LogP contribution in [0.2, 0.25) is 39.3 Å². The van der Waals surface area contributed by atoms with E-state index in [-0.39, 0.29) is 94.6 Å². The third-order valence-electron chi connectivity index (χ3n) is 16.5. The van der Waals surface area contributed by atoms with Gasteiger partial charge in [-0.1, -0.05) is 22.3 Å². The minimum absolute atomic E-state index is 0. The summed E-state index contributed by atoms with van der Waals surface area (Å²) in [6.07, 6.45) is 4.46. The van der Waals surface area contributed by atoms with E-state index in [1.54, 1.807) is 117 Å². The Morgan fingerprint density at radius 2 is 0.915 bits per heavy atom. The normalized spacial score (nSPS) is 10.8. The van der Waals surface area contributed by atoms with Crippen molar-refractivity contribution in [3.05, 3.63) is 265 Å². The van der Waals surface area contributed by atoms with E-state index in [1.165, 1.54) is 98.4 Å². The Bertz CT molecular complexity index is 6380. The van der Waals surface area contributed by atoms with Crippen LogP contribution in [0, 0.1) is 37.1 Å². The maximum absolute atomic E-state index is 13.5. The van der Waals surface area contributed by atoms with Gasteiger partial charge in [0.15, 0.2) is 42.9 Å². The number of nitrogens with zero attached hydrogens (tertiary/aromatic N) is 19. The summed E-state index contributed by atoms with van der Waals surface area (Å²) in [5.74, 6) is 0.557. The van der Waals surface area contributed by atoms with E-state index in [0.29, 0.717) is 106 Å². The molecule has 680 valence electrons. The van der Waals surface area contributed by atoms with E-state index in [2.05, 4.69) is 178 Å². The Balaban J connectivity index is 0.000000215. The lowest BCUT2D eigenvalue weighted by Crippen LogP contribution is -2.31. The molecule has 46 heteroatoms. The Labute approximate surface area is 790 Å². The molecule has 4 aromatic carbocycles. The molecule has 0 aliphatic carbocycles.